The minimum absolute atomic E-state index is 0.0340. The van der Waals surface area contributed by atoms with Crippen molar-refractivity contribution in [2.24, 2.45) is 0 Å². The lowest BCUT2D eigenvalue weighted by molar-refractivity contribution is -0.122. The van der Waals surface area contributed by atoms with E-state index in [4.69, 9.17) is 0 Å². The molecule has 3 rings (SSSR count). The number of sulfonamides is 1. The van der Waals surface area contributed by atoms with Crippen molar-refractivity contribution in [3.05, 3.63) is 52.2 Å². The van der Waals surface area contributed by atoms with Crippen LogP contribution < -0.4 is 5.32 Å². The van der Waals surface area contributed by atoms with Gasteiger partial charge in [-0.15, -0.1) is 11.3 Å². The number of hydrogen-bond acceptors (Lipinski definition) is 5. The Morgan fingerprint density at radius 3 is 2.42 bits per heavy atom. The van der Waals surface area contributed by atoms with Crippen molar-refractivity contribution >= 4 is 27.3 Å². The van der Waals surface area contributed by atoms with Crippen LogP contribution in [0.2, 0.25) is 0 Å². The molecule has 2 heterocycles. The van der Waals surface area contributed by atoms with Crippen LogP contribution in [-0.4, -0.2) is 56.3 Å². The number of carbonyl (C=O) groups is 1. The Bertz CT molecular complexity index is 825. The maximum absolute atomic E-state index is 12.7. The highest BCUT2D eigenvalue weighted by Gasteiger charge is 2.28. The van der Waals surface area contributed by atoms with Crippen molar-refractivity contribution in [3.8, 4) is 0 Å². The van der Waals surface area contributed by atoms with Gasteiger partial charge in [0.25, 0.3) is 0 Å². The maximum atomic E-state index is 12.7. The molecule has 0 aliphatic carbocycles. The number of amides is 1. The molecule has 6 nitrogen and oxygen atoms in total. The summed E-state index contributed by atoms with van der Waals surface area (Å²) >= 11 is 1.61. The summed E-state index contributed by atoms with van der Waals surface area (Å²) in [7, 11) is -3.46. The highest BCUT2D eigenvalue weighted by atomic mass is 32.2. The summed E-state index contributed by atoms with van der Waals surface area (Å²) in [6.07, 6.45) is 0. The van der Waals surface area contributed by atoms with E-state index in [0.29, 0.717) is 44.2 Å². The first-order chi connectivity index (χ1) is 12.4. The second kappa shape index (κ2) is 8.30. The quantitative estimate of drug-likeness (QED) is 0.811. The first-order valence-electron chi connectivity index (χ1n) is 8.53. The summed E-state index contributed by atoms with van der Waals surface area (Å²) in [5.41, 5.74) is 1.03. The predicted octanol–water partition coefficient (Wildman–Crippen LogP) is 1.68. The normalized spacial score (nSPS) is 16.5. The Hall–Kier alpha value is -1.74. The van der Waals surface area contributed by atoms with Gasteiger partial charge in [-0.3, -0.25) is 9.69 Å². The van der Waals surface area contributed by atoms with Gasteiger partial charge in [0.1, 0.15) is 0 Å². The number of benzene rings is 1. The fourth-order valence-corrected chi connectivity index (χ4v) is 4.91. The first kappa shape index (κ1) is 19.0. The van der Waals surface area contributed by atoms with Crippen LogP contribution in [-0.2, 0) is 21.4 Å². The molecule has 1 saturated heterocycles. The summed E-state index contributed by atoms with van der Waals surface area (Å²) in [4.78, 5) is 15.5. The van der Waals surface area contributed by atoms with E-state index in [1.165, 1.54) is 4.31 Å². The van der Waals surface area contributed by atoms with Crippen molar-refractivity contribution in [2.75, 3.05) is 32.7 Å². The van der Waals surface area contributed by atoms with Crippen LogP contribution in [0.3, 0.4) is 0 Å². The lowest BCUT2D eigenvalue weighted by Gasteiger charge is -2.33. The summed E-state index contributed by atoms with van der Waals surface area (Å²) in [5, 5.41) is 4.88. The van der Waals surface area contributed by atoms with Gasteiger partial charge in [-0.2, -0.15) is 4.31 Å². The third-order valence-electron chi connectivity index (χ3n) is 4.40. The number of thiophene rings is 1. The number of nitrogens with zero attached hydrogens (tertiary/aromatic N) is 2. The van der Waals surface area contributed by atoms with E-state index in [1.807, 2.05) is 29.3 Å². The molecule has 140 valence electrons. The van der Waals surface area contributed by atoms with Gasteiger partial charge in [-0.05, 0) is 30.5 Å². The molecular formula is C18H23N3O3S2. The largest absolute Gasteiger partial charge is 0.350 e. The molecule has 1 N–H and O–H groups in total. The Morgan fingerprint density at radius 2 is 1.81 bits per heavy atom. The Morgan fingerprint density at radius 1 is 1.12 bits per heavy atom. The van der Waals surface area contributed by atoms with Crippen LogP contribution >= 0.6 is 11.3 Å². The average molecular weight is 394 g/mol. The van der Waals surface area contributed by atoms with E-state index in [1.54, 1.807) is 35.6 Å². The molecule has 0 bridgehead atoms. The molecule has 0 spiro atoms. The molecule has 1 aliphatic rings. The zero-order chi connectivity index (χ0) is 18.6. The Labute approximate surface area is 158 Å². The van der Waals surface area contributed by atoms with E-state index >= 15 is 0 Å². The molecule has 0 saturated carbocycles. The molecular weight excluding hydrogens is 370 g/mol. The fourth-order valence-electron chi connectivity index (χ4n) is 2.85. The van der Waals surface area contributed by atoms with E-state index < -0.39 is 10.0 Å². The predicted molar refractivity (Wildman–Crippen MR) is 103 cm³/mol. The molecule has 0 unspecified atom stereocenters. The number of hydrogen-bond donors (Lipinski definition) is 1. The Balaban J connectivity index is 1.49. The van der Waals surface area contributed by atoms with Crippen molar-refractivity contribution in [1.82, 2.24) is 14.5 Å². The standard InChI is InChI=1S/C18H23N3O3S2/c1-15-4-6-17(7-5-15)26(23,24)21-10-8-20(9-11-21)14-18(22)19-13-16-3-2-12-25-16/h2-7,12H,8-11,13-14H2,1H3,(H,19,22). The monoisotopic (exact) mass is 393 g/mol. The molecule has 26 heavy (non-hydrogen) atoms. The van der Waals surface area contributed by atoms with E-state index in [2.05, 4.69) is 5.32 Å². The summed E-state index contributed by atoms with van der Waals surface area (Å²) in [6, 6.07) is 10.9. The van der Waals surface area contributed by atoms with Crippen LogP contribution in [0.4, 0.5) is 0 Å². The van der Waals surface area contributed by atoms with Gasteiger partial charge >= 0.3 is 0 Å². The zero-order valence-corrected chi connectivity index (χ0v) is 16.4. The SMILES string of the molecule is Cc1ccc(S(=O)(=O)N2CCN(CC(=O)NCc3cccs3)CC2)cc1. The second-order valence-electron chi connectivity index (χ2n) is 6.35. The maximum Gasteiger partial charge on any atom is 0.243 e. The number of nitrogens with one attached hydrogen (secondary N) is 1. The lowest BCUT2D eigenvalue weighted by Crippen LogP contribution is -2.50. The van der Waals surface area contributed by atoms with Gasteiger partial charge in [-0.25, -0.2) is 8.42 Å². The summed E-state index contributed by atoms with van der Waals surface area (Å²) in [6.45, 7) is 4.67. The van der Waals surface area contributed by atoms with Crippen molar-refractivity contribution in [2.45, 2.75) is 18.4 Å². The third kappa shape index (κ3) is 4.70. The van der Waals surface area contributed by atoms with Gasteiger partial charge in [0, 0.05) is 31.1 Å². The van der Waals surface area contributed by atoms with Crippen molar-refractivity contribution < 1.29 is 13.2 Å². The topological polar surface area (TPSA) is 69.7 Å². The molecule has 1 aromatic carbocycles. The number of rotatable bonds is 6. The molecule has 1 aliphatic heterocycles. The van der Waals surface area contributed by atoms with Crippen molar-refractivity contribution in [1.29, 1.82) is 0 Å². The third-order valence-corrected chi connectivity index (χ3v) is 7.19. The minimum Gasteiger partial charge on any atom is -0.350 e. The van der Waals surface area contributed by atoms with Gasteiger partial charge in [0.05, 0.1) is 18.0 Å². The zero-order valence-electron chi connectivity index (χ0n) is 14.7. The number of piperazine rings is 1. The van der Waals surface area contributed by atoms with Crippen LogP contribution in [0.1, 0.15) is 10.4 Å². The first-order valence-corrected chi connectivity index (χ1v) is 10.9. The average Bonchev–Trinajstić information content (AvgIpc) is 3.14. The van der Waals surface area contributed by atoms with Gasteiger partial charge in [-0.1, -0.05) is 23.8 Å². The van der Waals surface area contributed by atoms with E-state index in [9.17, 15) is 13.2 Å². The molecule has 0 atom stereocenters. The highest BCUT2D eigenvalue weighted by Crippen LogP contribution is 2.18. The molecule has 1 amide bonds. The van der Waals surface area contributed by atoms with Crippen molar-refractivity contribution in [3.63, 3.8) is 0 Å². The lowest BCUT2D eigenvalue weighted by atomic mass is 10.2. The fraction of sp³-hybridized carbons (Fsp3) is 0.389. The van der Waals surface area contributed by atoms with Gasteiger partial charge in [0.15, 0.2) is 0 Å². The Kier molecular flexibility index (Phi) is 6.08. The second-order valence-corrected chi connectivity index (χ2v) is 9.32. The number of carbonyl (C=O) groups excluding carboxylic acids is 1. The molecule has 2 aromatic rings. The highest BCUT2D eigenvalue weighted by molar-refractivity contribution is 7.89. The minimum atomic E-state index is -3.46. The van der Waals surface area contributed by atoms with Gasteiger partial charge in [0.2, 0.25) is 15.9 Å². The molecule has 0 radical (unpaired) electrons. The van der Waals surface area contributed by atoms with Crippen LogP contribution in [0.15, 0.2) is 46.7 Å². The molecule has 1 aromatic heterocycles. The summed E-state index contributed by atoms with van der Waals surface area (Å²) < 4.78 is 26.9. The van der Waals surface area contributed by atoms with E-state index in [0.717, 1.165) is 10.4 Å². The van der Waals surface area contributed by atoms with Crippen LogP contribution in [0.5, 0.6) is 0 Å². The van der Waals surface area contributed by atoms with Crippen LogP contribution in [0.25, 0.3) is 0 Å². The van der Waals surface area contributed by atoms with E-state index in [-0.39, 0.29) is 5.91 Å². The number of aryl methyl sites for hydroxylation is 1. The van der Waals surface area contributed by atoms with Crippen LogP contribution in [0, 0.1) is 6.92 Å². The smallest absolute Gasteiger partial charge is 0.243 e. The molecule has 8 heteroatoms. The summed E-state index contributed by atoms with van der Waals surface area (Å²) in [5.74, 6) is -0.0340. The molecule has 1 fully saturated rings. The van der Waals surface area contributed by atoms with Gasteiger partial charge < -0.3 is 5.32 Å².